The van der Waals surface area contributed by atoms with Crippen LogP contribution in [0.15, 0.2) is 41.0 Å². The van der Waals surface area contributed by atoms with Gasteiger partial charge in [-0.25, -0.2) is 0 Å². The summed E-state index contributed by atoms with van der Waals surface area (Å²) in [5, 5.41) is 3.03. The Morgan fingerprint density at radius 3 is 2.84 bits per heavy atom. The number of amides is 1. The van der Waals surface area contributed by atoms with Gasteiger partial charge in [-0.05, 0) is 30.3 Å². The molecular formula is C18H20N2O4S. The van der Waals surface area contributed by atoms with Crippen molar-refractivity contribution in [3.63, 3.8) is 0 Å². The van der Waals surface area contributed by atoms with E-state index in [4.69, 9.17) is 13.9 Å². The van der Waals surface area contributed by atoms with Crippen LogP contribution in [-0.2, 0) is 0 Å². The lowest BCUT2D eigenvalue weighted by molar-refractivity contribution is 0.0929. The molecule has 0 bridgehead atoms. The highest BCUT2D eigenvalue weighted by Crippen LogP contribution is 2.32. The first-order valence-corrected chi connectivity index (χ1v) is 9.50. The lowest BCUT2D eigenvalue weighted by Crippen LogP contribution is -2.41. The lowest BCUT2D eigenvalue weighted by Gasteiger charge is -2.33. The van der Waals surface area contributed by atoms with Crippen LogP contribution in [0, 0.1) is 0 Å². The van der Waals surface area contributed by atoms with E-state index in [0.717, 1.165) is 30.4 Å². The van der Waals surface area contributed by atoms with Crippen molar-refractivity contribution in [3.05, 3.63) is 47.9 Å². The summed E-state index contributed by atoms with van der Waals surface area (Å²) < 4.78 is 16.2. The molecule has 0 spiro atoms. The molecule has 1 atom stereocenters. The van der Waals surface area contributed by atoms with Crippen LogP contribution in [0.1, 0.15) is 22.2 Å². The van der Waals surface area contributed by atoms with E-state index >= 15 is 0 Å². The first-order chi connectivity index (χ1) is 12.3. The third-order valence-corrected chi connectivity index (χ3v) is 5.39. The molecule has 0 saturated carbocycles. The molecule has 1 unspecified atom stereocenters. The predicted octanol–water partition coefficient (Wildman–Crippen LogP) is 2.53. The van der Waals surface area contributed by atoms with E-state index in [1.54, 1.807) is 24.5 Å². The summed E-state index contributed by atoms with van der Waals surface area (Å²) in [7, 11) is 0. The standard InChI is InChI=1S/C18H20N2O4S/c21-18(13-3-4-16-17(10-13)24-12-23-16)19-11-14(15-2-1-7-22-15)20-5-8-25-9-6-20/h1-4,7,10,14H,5-6,8-9,11-12H2,(H,19,21). The molecule has 1 saturated heterocycles. The molecule has 2 aromatic rings. The van der Waals surface area contributed by atoms with Crippen LogP contribution >= 0.6 is 11.8 Å². The summed E-state index contributed by atoms with van der Waals surface area (Å²) in [6, 6.07) is 9.15. The first kappa shape index (κ1) is 16.4. The fraction of sp³-hybridized carbons (Fsp3) is 0.389. The monoisotopic (exact) mass is 360 g/mol. The summed E-state index contributed by atoms with van der Waals surface area (Å²) in [6.07, 6.45) is 1.68. The van der Waals surface area contributed by atoms with E-state index < -0.39 is 0 Å². The second-order valence-corrected chi connectivity index (χ2v) is 7.18. The Morgan fingerprint density at radius 2 is 2.04 bits per heavy atom. The number of nitrogens with one attached hydrogen (secondary N) is 1. The maximum atomic E-state index is 12.5. The average molecular weight is 360 g/mol. The summed E-state index contributed by atoms with van der Waals surface area (Å²) in [5.41, 5.74) is 0.566. The van der Waals surface area contributed by atoms with Crippen LogP contribution in [0.5, 0.6) is 11.5 Å². The van der Waals surface area contributed by atoms with Crippen LogP contribution in [0.3, 0.4) is 0 Å². The molecule has 25 heavy (non-hydrogen) atoms. The van der Waals surface area contributed by atoms with Crippen LogP contribution in [-0.4, -0.2) is 48.7 Å². The van der Waals surface area contributed by atoms with Gasteiger partial charge in [-0.3, -0.25) is 9.69 Å². The van der Waals surface area contributed by atoms with E-state index in [1.807, 2.05) is 23.9 Å². The molecule has 1 N–H and O–H groups in total. The number of hydrogen-bond acceptors (Lipinski definition) is 6. The zero-order valence-corrected chi connectivity index (χ0v) is 14.6. The molecule has 3 heterocycles. The van der Waals surface area contributed by atoms with E-state index in [1.165, 1.54) is 0 Å². The highest BCUT2D eigenvalue weighted by atomic mass is 32.2. The number of ether oxygens (including phenoxy) is 2. The van der Waals surface area contributed by atoms with Gasteiger partial charge in [-0.15, -0.1) is 0 Å². The van der Waals surface area contributed by atoms with Crippen molar-refractivity contribution in [2.24, 2.45) is 0 Å². The first-order valence-electron chi connectivity index (χ1n) is 8.34. The summed E-state index contributed by atoms with van der Waals surface area (Å²) in [4.78, 5) is 14.9. The highest BCUT2D eigenvalue weighted by Gasteiger charge is 2.25. The number of nitrogens with zero attached hydrogens (tertiary/aromatic N) is 1. The number of fused-ring (bicyclic) bond motifs is 1. The quantitative estimate of drug-likeness (QED) is 0.884. The number of benzene rings is 1. The van der Waals surface area contributed by atoms with Crippen molar-refractivity contribution in [1.82, 2.24) is 10.2 Å². The Morgan fingerprint density at radius 1 is 1.20 bits per heavy atom. The molecule has 0 radical (unpaired) electrons. The minimum absolute atomic E-state index is 0.0499. The maximum absolute atomic E-state index is 12.5. The number of hydrogen-bond donors (Lipinski definition) is 1. The SMILES string of the molecule is O=C(NCC(c1ccco1)N1CCSCC1)c1ccc2c(c1)OCO2. The molecule has 1 amide bonds. The number of carbonyl (C=O) groups is 1. The average Bonchev–Trinajstić information content (AvgIpc) is 3.34. The Labute approximate surface area is 150 Å². The minimum atomic E-state index is -0.124. The molecule has 132 valence electrons. The normalized spacial score (nSPS) is 18.1. The second kappa shape index (κ2) is 7.41. The van der Waals surface area contributed by atoms with E-state index in [0.29, 0.717) is 23.6 Å². The molecule has 2 aliphatic heterocycles. The Kier molecular flexibility index (Phi) is 4.85. The Bertz CT molecular complexity index is 729. The number of thioether (sulfide) groups is 1. The molecule has 4 rings (SSSR count). The van der Waals surface area contributed by atoms with Gasteiger partial charge >= 0.3 is 0 Å². The van der Waals surface area contributed by atoms with Crippen molar-refractivity contribution in [2.75, 3.05) is 37.9 Å². The van der Waals surface area contributed by atoms with Gasteiger partial charge in [0, 0.05) is 36.7 Å². The van der Waals surface area contributed by atoms with Gasteiger partial charge in [0.1, 0.15) is 5.76 Å². The topological polar surface area (TPSA) is 63.9 Å². The lowest BCUT2D eigenvalue weighted by atomic mass is 10.1. The maximum Gasteiger partial charge on any atom is 0.251 e. The van der Waals surface area contributed by atoms with Crippen molar-refractivity contribution < 1.29 is 18.7 Å². The largest absolute Gasteiger partial charge is 0.468 e. The fourth-order valence-corrected chi connectivity index (χ4v) is 4.04. The molecular weight excluding hydrogens is 340 g/mol. The van der Waals surface area contributed by atoms with Gasteiger partial charge in [0.15, 0.2) is 11.5 Å². The summed E-state index contributed by atoms with van der Waals surface area (Å²) in [5.74, 6) is 4.26. The fourth-order valence-electron chi connectivity index (χ4n) is 3.11. The van der Waals surface area contributed by atoms with E-state index in [9.17, 15) is 4.79 Å². The Balaban J connectivity index is 1.44. The van der Waals surface area contributed by atoms with Crippen molar-refractivity contribution in [3.8, 4) is 11.5 Å². The van der Waals surface area contributed by atoms with Gasteiger partial charge < -0.3 is 19.2 Å². The van der Waals surface area contributed by atoms with Crippen LogP contribution in [0.25, 0.3) is 0 Å². The zero-order valence-electron chi connectivity index (χ0n) is 13.8. The minimum Gasteiger partial charge on any atom is -0.468 e. The van der Waals surface area contributed by atoms with E-state index in [2.05, 4.69) is 10.2 Å². The van der Waals surface area contributed by atoms with Gasteiger partial charge in [0.2, 0.25) is 6.79 Å². The molecule has 0 aliphatic carbocycles. The molecule has 1 fully saturated rings. The van der Waals surface area contributed by atoms with Gasteiger partial charge in [-0.1, -0.05) is 0 Å². The Hall–Kier alpha value is -2.12. The highest BCUT2D eigenvalue weighted by molar-refractivity contribution is 7.99. The van der Waals surface area contributed by atoms with Gasteiger partial charge in [-0.2, -0.15) is 11.8 Å². The zero-order chi connectivity index (χ0) is 17.1. The van der Waals surface area contributed by atoms with E-state index in [-0.39, 0.29) is 18.7 Å². The number of rotatable bonds is 5. The van der Waals surface area contributed by atoms with Crippen molar-refractivity contribution >= 4 is 17.7 Å². The molecule has 6 nitrogen and oxygen atoms in total. The summed E-state index contributed by atoms with van der Waals surface area (Å²) >= 11 is 1.96. The number of furan rings is 1. The van der Waals surface area contributed by atoms with Crippen LogP contribution in [0.2, 0.25) is 0 Å². The molecule has 2 aliphatic rings. The van der Waals surface area contributed by atoms with Gasteiger partial charge in [0.25, 0.3) is 5.91 Å². The van der Waals surface area contributed by atoms with Crippen LogP contribution < -0.4 is 14.8 Å². The van der Waals surface area contributed by atoms with Crippen molar-refractivity contribution in [2.45, 2.75) is 6.04 Å². The molecule has 7 heteroatoms. The third-order valence-electron chi connectivity index (χ3n) is 4.45. The van der Waals surface area contributed by atoms with Gasteiger partial charge in [0.05, 0.1) is 12.3 Å². The smallest absolute Gasteiger partial charge is 0.251 e. The second-order valence-electron chi connectivity index (χ2n) is 5.96. The van der Waals surface area contributed by atoms with Crippen molar-refractivity contribution in [1.29, 1.82) is 0 Å². The predicted molar refractivity (Wildman–Crippen MR) is 95.2 cm³/mol. The molecule has 1 aromatic heterocycles. The van der Waals surface area contributed by atoms with Crippen LogP contribution in [0.4, 0.5) is 0 Å². The molecule has 1 aromatic carbocycles. The third kappa shape index (κ3) is 3.62. The number of carbonyl (C=O) groups excluding carboxylic acids is 1. The summed E-state index contributed by atoms with van der Waals surface area (Å²) in [6.45, 7) is 2.70.